The molecule has 7 heteroatoms. The Bertz CT molecular complexity index is 632. The van der Waals surface area contributed by atoms with Gasteiger partial charge in [0.2, 0.25) is 5.91 Å². The molecule has 0 radical (unpaired) electrons. The van der Waals surface area contributed by atoms with Crippen LogP contribution in [0.25, 0.3) is 0 Å². The minimum absolute atomic E-state index is 0.0804. The van der Waals surface area contributed by atoms with Crippen LogP contribution in [0.3, 0.4) is 0 Å². The second-order valence-corrected chi connectivity index (χ2v) is 7.25. The number of amides is 2. The van der Waals surface area contributed by atoms with Gasteiger partial charge in [0.15, 0.2) is 0 Å². The number of nitrogens with two attached hydrogens (primary N) is 1. The lowest BCUT2D eigenvalue weighted by Crippen LogP contribution is -2.50. The first-order chi connectivity index (χ1) is 11.7. The van der Waals surface area contributed by atoms with Crippen molar-refractivity contribution in [2.24, 2.45) is 0 Å². The summed E-state index contributed by atoms with van der Waals surface area (Å²) in [6.07, 6.45) is -0.275. The maximum Gasteiger partial charge on any atom is 0.410 e. The molecule has 0 aromatic heterocycles. The van der Waals surface area contributed by atoms with Crippen molar-refractivity contribution < 1.29 is 14.3 Å². The van der Waals surface area contributed by atoms with Gasteiger partial charge in [-0.25, -0.2) is 4.79 Å². The van der Waals surface area contributed by atoms with Gasteiger partial charge in [-0.2, -0.15) is 0 Å². The Labute approximate surface area is 149 Å². The lowest BCUT2D eigenvalue weighted by Gasteiger charge is -2.37. The predicted octanol–water partition coefficient (Wildman–Crippen LogP) is 1.96. The number of benzene rings is 1. The first kappa shape index (κ1) is 18.9. The van der Waals surface area contributed by atoms with Crippen molar-refractivity contribution in [2.75, 3.05) is 36.8 Å². The largest absolute Gasteiger partial charge is 0.444 e. The van der Waals surface area contributed by atoms with E-state index in [1.165, 1.54) is 6.92 Å². The second kappa shape index (κ2) is 7.63. The van der Waals surface area contributed by atoms with E-state index in [0.717, 1.165) is 11.3 Å². The number of hydrogen-bond acceptors (Lipinski definition) is 5. The van der Waals surface area contributed by atoms with Gasteiger partial charge in [-0.3, -0.25) is 4.79 Å². The molecule has 0 bridgehead atoms. The number of nitrogens with zero attached hydrogens (tertiary/aromatic N) is 2. The van der Waals surface area contributed by atoms with Crippen LogP contribution in [0, 0.1) is 0 Å². The van der Waals surface area contributed by atoms with Crippen molar-refractivity contribution in [3.63, 3.8) is 0 Å². The van der Waals surface area contributed by atoms with Gasteiger partial charge in [0, 0.05) is 51.0 Å². The van der Waals surface area contributed by atoms with Gasteiger partial charge in [0.1, 0.15) is 5.60 Å². The van der Waals surface area contributed by atoms with Crippen LogP contribution in [0.15, 0.2) is 18.2 Å². The summed E-state index contributed by atoms with van der Waals surface area (Å²) in [4.78, 5) is 27.3. The third-order valence-electron chi connectivity index (χ3n) is 3.90. The molecule has 1 aliphatic rings. The third kappa shape index (κ3) is 5.55. The number of hydrogen-bond donors (Lipinski definition) is 2. The first-order valence-electron chi connectivity index (χ1n) is 8.51. The standard InChI is InChI=1S/C18H28N4O3/c1-13(23)20-12-14-11-15(19)5-6-16(14)21-7-9-22(10-8-21)17(24)25-18(2,3)4/h5-6,11H,7-10,12,19H2,1-4H3,(H,20,23). The highest BCUT2D eigenvalue weighted by atomic mass is 16.6. The van der Waals surface area contributed by atoms with Crippen LogP contribution < -0.4 is 16.0 Å². The van der Waals surface area contributed by atoms with E-state index in [-0.39, 0.29) is 12.0 Å². The molecule has 3 N–H and O–H groups in total. The maximum absolute atomic E-state index is 12.2. The van der Waals surface area contributed by atoms with E-state index in [1.54, 1.807) is 4.90 Å². The van der Waals surface area contributed by atoms with Crippen LogP contribution in [0.4, 0.5) is 16.2 Å². The Morgan fingerprint density at radius 2 is 1.84 bits per heavy atom. The molecule has 1 fully saturated rings. The molecule has 138 valence electrons. The average Bonchev–Trinajstić information content (AvgIpc) is 2.51. The second-order valence-electron chi connectivity index (χ2n) is 7.25. The van der Waals surface area contributed by atoms with Crippen LogP contribution in [0.2, 0.25) is 0 Å². The van der Waals surface area contributed by atoms with Gasteiger partial charge in [0.05, 0.1) is 0 Å². The zero-order valence-electron chi connectivity index (χ0n) is 15.5. The highest BCUT2D eigenvalue weighted by Crippen LogP contribution is 2.25. The van der Waals surface area contributed by atoms with E-state index in [4.69, 9.17) is 10.5 Å². The molecule has 1 aliphatic heterocycles. The Balaban J connectivity index is 2.02. The molecule has 0 atom stereocenters. The molecule has 1 heterocycles. The number of carbonyl (C=O) groups is 2. The molecule has 0 unspecified atom stereocenters. The molecule has 0 aliphatic carbocycles. The number of piperazine rings is 1. The highest BCUT2D eigenvalue weighted by Gasteiger charge is 2.26. The van der Waals surface area contributed by atoms with E-state index in [0.29, 0.717) is 38.4 Å². The number of rotatable bonds is 3. The summed E-state index contributed by atoms with van der Waals surface area (Å²) < 4.78 is 5.43. The number of carbonyl (C=O) groups excluding carboxylic acids is 2. The van der Waals surface area contributed by atoms with Crippen molar-refractivity contribution >= 4 is 23.4 Å². The lowest BCUT2D eigenvalue weighted by atomic mass is 10.1. The molecule has 0 saturated carbocycles. The Kier molecular flexibility index (Phi) is 5.77. The number of nitrogen functional groups attached to an aromatic ring is 1. The summed E-state index contributed by atoms with van der Waals surface area (Å²) in [6.45, 7) is 10.1. The number of anilines is 2. The monoisotopic (exact) mass is 348 g/mol. The van der Waals surface area contributed by atoms with E-state index in [2.05, 4.69) is 10.2 Å². The molecule has 0 spiro atoms. The fraction of sp³-hybridized carbons (Fsp3) is 0.556. The molecule has 1 aromatic carbocycles. The van der Waals surface area contributed by atoms with E-state index < -0.39 is 5.60 Å². The van der Waals surface area contributed by atoms with Crippen LogP contribution in [-0.2, 0) is 16.1 Å². The smallest absolute Gasteiger partial charge is 0.410 e. The van der Waals surface area contributed by atoms with Gasteiger partial charge in [-0.1, -0.05) is 0 Å². The fourth-order valence-corrected chi connectivity index (χ4v) is 2.73. The quantitative estimate of drug-likeness (QED) is 0.815. The molecule has 1 saturated heterocycles. The third-order valence-corrected chi connectivity index (χ3v) is 3.90. The minimum Gasteiger partial charge on any atom is -0.444 e. The Morgan fingerprint density at radius 1 is 1.20 bits per heavy atom. The zero-order chi connectivity index (χ0) is 18.6. The van der Waals surface area contributed by atoms with Crippen LogP contribution in [-0.4, -0.2) is 48.7 Å². The van der Waals surface area contributed by atoms with E-state index in [1.807, 2.05) is 39.0 Å². The van der Waals surface area contributed by atoms with Crippen molar-refractivity contribution in [3.05, 3.63) is 23.8 Å². The van der Waals surface area contributed by atoms with Gasteiger partial charge < -0.3 is 25.6 Å². The predicted molar refractivity (Wildman–Crippen MR) is 98.4 cm³/mol. The first-order valence-corrected chi connectivity index (χ1v) is 8.51. The summed E-state index contributed by atoms with van der Waals surface area (Å²) in [5.41, 5.74) is 8.06. The molecule has 25 heavy (non-hydrogen) atoms. The minimum atomic E-state index is -0.489. The normalized spacial score (nSPS) is 15.0. The van der Waals surface area contributed by atoms with Crippen molar-refractivity contribution in [2.45, 2.75) is 39.8 Å². The summed E-state index contributed by atoms with van der Waals surface area (Å²) in [5, 5.41) is 2.82. The lowest BCUT2D eigenvalue weighted by molar-refractivity contribution is -0.119. The summed E-state index contributed by atoms with van der Waals surface area (Å²) in [5.74, 6) is -0.0804. The topological polar surface area (TPSA) is 87.9 Å². The zero-order valence-corrected chi connectivity index (χ0v) is 15.5. The van der Waals surface area contributed by atoms with Crippen molar-refractivity contribution in [3.8, 4) is 0 Å². The number of nitrogens with one attached hydrogen (secondary N) is 1. The van der Waals surface area contributed by atoms with E-state index >= 15 is 0 Å². The number of ether oxygens (including phenoxy) is 1. The summed E-state index contributed by atoms with van der Waals surface area (Å²) in [6, 6.07) is 5.70. The van der Waals surface area contributed by atoms with Crippen molar-refractivity contribution in [1.29, 1.82) is 0 Å². The van der Waals surface area contributed by atoms with Gasteiger partial charge in [-0.05, 0) is 44.5 Å². The molecule has 2 amide bonds. The Hall–Kier alpha value is -2.44. The highest BCUT2D eigenvalue weighted by molar-refractivity contribution is 5.73. The van der Waals surface area contributed by atoms with Crippen LogP contribution in [0.5, 0.6) is 0 Å². The van der Waals surface area contributed by atoms with Gasteiger partial charge >= 0.3 is 6.09 Å². The molecule has 1 aromatic rings. The van der Waals surface area contributed by atoms with Gasteiger partial charge in [-0.15, -0.1) is 0 Å². The Morgan fingerprint density at radius 3 is 2.40 bits per heavy atom. The summed E-state index contributed by atoms with van der Waals surface area (Å²) in [7, 11) is 0. The van der Waals surface area contributed by atoms with Gasteiger partial charge in [0.25, 0.3) is 0 Å². The fourth-order valence-electron chi connectivity index (χ4n) is 2.73. The van der Waals surface area contributed by atoms with Crippen LogP contribution >= 0.6 is 0 Å². The SMILES string of the molecule is CC(=O)NCc1cc(N)ccc1N1CCN(C(=O)OC(C)(C)C)CC1. The molecule has 2 rings (SSSR count). The molecular weight excluding hydrogens is 320 g/mol. The molecule has 7 nitrogen and oxygen atoms in total. The van der Waals surface area contributed by atoms with Crippen LogP contribution in [0.1, 0.15) is 33.3 Å². The summed E-state index contributed by atoms with van der Waals surface area (Å²) >= 11 is 0. The van der Waals surface area contributed by atoms with Crippen molar-refractivity contribution in [1.82, 2.24) is 10.2 Å². The molecular formula is C18H28N4O3. The van der Waals surface area contributed by atoms with E-state index in [9.17, 15) is 9.59 Å². The average molecular weight is 348 g/mol. The maximum atomic E-state index is 12.2.